The SMILES string of the molecule is COc1c(C)cccc1C(=O)N1CC(CO)C(CN(C)CCN(C)C)C1. The minimum absolute atomic E-state index is 0.0116. The Morgan fingerprint density at radius 1 is 1.23 bits per heavy atom. The molecule has 1 aliphatic rings. The maximum atomic E-state index is 13.0. The quantitative estimate of drug-likeness (QED) is 0.752. The number of amides is 1. The normalized spacial score (nSPS) is 20.2. The molecule has 1 aromatic carbocycles. The second-order valence-corrected chi connectivity index (χ2v) is 7.63. The summed E-state index contributed by atoms with van der Waals surface area (Å²) in [6.07, 6.45) is 0. The Morgan fingerprint density at radius 2 is 1.92 bits per heavy atom. The van der Waals surface area contributed by atoms with E-state index in [1.807, 2.05) is 30.0 Å². The number of carbonyl (C=O) groups excluding carboxylic acids is 1. The van der Waals surface area contributed by atoms with Gasteiger partial charge < -0.3 is 24.5 Å². The first-order chi connectivity index (χ1) is 12.4. The molecule has 26 heavy (non-hydrogen) atoms. The highest BCUT2D eigenvalue weighted by Gasteiger charge is 2.36. The van der Waals surface area contributed by atoms with Crippen LogP contribution in [0.25, 0.3) is 0 Å². The summed E-state index contributed by atoms with van der Waals surface area (Å²) in [5.41, 5.74) is 1.56. The zero-order valence-electron chi connectivity index (χ0n) is 16.7. The highest BCUT2D eigenvalue weighted by molar-refractivity contribution is 5.97. The fraction of sp³-hybridized carbons (Fsp3) is 0.650. The number of para-hydroxylation sites is 1. The summed E-state index contributed by atoms with van der Waals surface area (Å²) in [5.74, 6) is 1.04. The van der Waals surface area contributed by atoms with E-state index in [-0.39, 0.29) is 24.3 Å². The molecular weight excluding hydrogens is 330 g/mol. The van der Waals surface area contributed by atoms with Crippen LogP contribution in [0.15, 0.2) is 18.2 Å². The lowest BCUT2D eigenvalue weighted by atomic mass is 9.96. The number of likely N-dealkylation sites (tertiary alicyclic amines) is 1. The number of aliphatic hydroxyl groups is 1. The summed E-state index contributed by atoms with van der Waals surface area (Å²) in [5, 5.41) is 9.79. The Balaban J connectivity index is 2.06. The van der Waals surface area contributed by atoms with E-state index in [2.05, 4.69) is 30.9 Å². The molecule has 146 valence electrons. The van der Waals surface area contributed by atoms with Crippen molar-refractivity contribution in [3.63, 3.8) is 0 Å². The third-order valence-corrected chi connectivity index (χ3v) is 5.22. The molecule has 0 aliphatic carbocycles. The summed E-state index contributed by atoms with van der Waals surface area (Å²) in [6, 6.07) is 5.65. The molecule has 1 saturated heterocycles. The summed E-state index contributed by atoms with van der Waals surface area (Å²) >= 11 is 0. The summed E-state index contributed by atoms with van der Waals surface area (Å²) in [7, 11) is 7.83. The maximum Gasteiger partial charge on any atom is 0.257 e. The predicted octanol–water partition coefficient (Wildman–Crippen LogP) is 1.18. The van der Waals surface area contributed by atoms with Crippen LogP contribution in [0.1, 0.15) is 15.9 Å². The van der Waals surface area contributed by atoms with Crippen molar-refractivity contribution in [1.29, 1.82) is 0 Å². The van der Waals surface area contributed by atoms with Gasteiger partial charge in [0.1, 0.15) is 5.75 Å². The van der Waals surface area contributed by atoms with E-state index in [0.717, 1.165) is 25.2 Å². The number of hydrogen-bond acceptors (Lipinski definition) is 5. The number of carbonyl (C=O) groups is 1. The molecular formula is C20H33N3O3. The van der Waals surface area contributed by atoms with E-state index in [9.17, 15) is 9.90 Å². The van der Waals surface area contributed by atoms with Crippen LogP contribution in [-0.4, -0.2) is 93.3 Å². The first kappa shape index (κ1) is 20.7. The van der Waals surface area contributed by atoms with Gasteiger partial charge in [-0.2, -0.15) is 0 Å². The van der Waals surface area contributed by atoms with Gasteiger partial charge in [0, 0.05) is 45.2 Å². The summed E-state index contributed by atoms with van der Waals surface area (Å²) < 4.78 is 5.45. The molecule has 0 aromatic heterocycles. The van der Waals surface area contributed by atoms with Crippen molar-refractivity contribution in [2.75, 3.05) is 67.6 Å². The van der Waals surface area contributed by atoms with Crippen molar-refractivity contribution in [2.45, 2.75) is 6.92 Å². The molecule has 1 heterocycles. The van der Waals surface area contributed by atoms with E-state index in [0.29, 0.717) is 24.4 Å². The fourth-order valence-corrected chi connectivity index (χ4v) is 3.64. The zero-order chi connectivity index (χ0) is 19.3. The van der Waals surface area contributed by atoms with Crippen molar-refractivity contribution in [2.24, 2.45) is 11.8 Å². The van der Waals surface area contributed by atoms with E-state index in [4.69, 9.17) is 4.74 Å². The number of ether oxygens (including phenoxy) is 1. The molecule has 2 atom stereocenters. The average Bonchev–Trinajstić information content (AvgIpc) is 3.01. The Hall–Kier alpha value is -1.63. The van der Waals surface area contributed by atoms with Gasteiger partial charge in [0.05, 0.1) is 12.7 Å². The van der Waals surface area contributed by atoms with E-state index >= 15 is 0 Å². The Bertz CT molecular complexity index is 606. The topological polar surface area (TPSA) is 56.2 Å². The second kappa shape index (κ2) is 9.35. The lowest BCUT2D eigenvalue weighted by Gasteiger charge is -2.25. The van der Waals surface area contributed by atoms with Gasteiger partial charge in [-0.15, -0.1) is 0 Å². The van der Waals surface area contributed by atoms with E-state index in [1.54, 1.807) is 7.11 Å². The van der Waals surface area contributed by atoms with Gasteiger partial charge >= 0.3 is 0 Å². The molecule has 1 amide bonds. The van der Waals surface area contributed by atoms with Gasteiger partial charge in [-0.1, -0.05) is 12.1 Å². The van der Waals surface area contributed by atoms with Crippen molar-refractivity contribution in [1.82, 2.24) is 14.7 Å². The van der Waals surface area contributed by atoms with E-state index < -0.39 is 0 Å². The number of aryl methyl sites for hydroxylation is 1. The van der Waals surface area contributed by atoms with Crippen molar-refractivity contribution in [3.05, 3.63) is 29.3 Å². The lowest BCUT2D eigenvalue weighted by molar-refractivity contribution is 0.0775. The Kier molecular flexibility index (Phi) is 7.43. The van der Waals surface area contributed by atoms with Crippen molar-refractivity contribution >= 4 is 5.91 Å². The third kappa shape index (κ3) is 4.96. The maximum absolute atomic E-state index is 13.0. The van der Waals surface area contributed by atoms with Gasteiger partial charge in [0.15, 0.2) is 0 Å². The number of rotatable bonds is 8. The fourth-order valence-electron chi connectivity index (χ4n) is 3.64. The molecule has 2 rings (SSSR count). The first-order valence-corrected chi connectivity index (χ1v) is 9.24. The number of likely N-dealkylation sites (N-methyl/N-ethyl adjacent to an activating group) is 2. The van der Waals surface area contributed by atoms with Gasteiger partial charge in [-0.05, 0) is 45.6 Å². The smallest absolute Gasteiger partial charge is 0.257 e. The van der Waals surface area contributed by atoms with Gasteiger partial charge in [0.2, 0.25) is 0 Å². The van der Waals surface area contributed by atoms with Crippen LogP contribution in [0.4, 0.5) is 0 Å². The molecule has 6 heteroatoms. The van der Waals surface area contributed by atoms with Crippen LogP contribution in [-0.2, 0) is 0 Å². The monoisotopic (exact) mass is 363 g/mol. The van der Waals surface area contributed by atoms with Gasteiger partial charge in [-0.25, -0.2) is 0 Å². The standard InChI is InChI=1S/C20H33N3O3/c1-15-7-6-8-18(19(15)26-5)20(25)23-12-16(17(13-23)14-24)11-22(4)10-9-21(2)3/h6-8,16-17,24H,9-14H2,1-5H3. The van der Waals surface area contributed by atoms with Crippen LogP contribution in [0.2, 0.25) is 0 Å². The van der Waals surface area contributed by atoms with Crippen LogP contribution in [0.3, 0.4) is 0 Å². The number of benzene rings is 1. The highest BCUT2D eigenvalue weighted by atomic mass is 16.5. The van der Waals surface area contributed by atoms with E-state index in [1.165, 1.54) is 0 Å². The molecule has 1 aromatic rings. The number of aliphatic hydroxyl groups excluding tert-OH is 1. The predicted molar refractivity (Wildman–Crippen MR) is 104 cm³/mol. The molecule has 0 spiro atoms. The average molecular weight is 364 g/mol. The minimum Gasteiger partial charge on any atom is -0.496 e. The van der Waals surface area contributed by atoms with Crippen LogP contribution in [0.5, 0.6) is 5.75 Å². The Labute approximate surface area is 157 Å². The Morgan fingerprint density at radius 3 is 2.54 bits per heavy atom. The molecule has 1 N–H and O–H groups in total. The van der Waals surface area contributed by atoms with Gasteiger partial charge in [0.25, 0.3) is 5.91 Å². The molecule has 1 aliphatic heterocycles. The highest BCUT2D eigenvalue weighted by Crippen LogP contribution is 2.29. The second-order valence-electron chi connectivity index (χ2n) is 7.63. The van der Waals surface area contributed by atoms with Crippen molar-refractivity contribution < 1.29 is 14.6 Å². The molecule has 1 fully saturated rings. The van der Waals surface area contributed by atoms with Crippen LogP contribution >= 0.6 is 0 Å². The summed E-state index contributed by atoms with van der Waals surface area (Å²) in [4.78, 5) is 19.3. The molecule has 6 nitrogen and oxygen atoms in total. The van der Waals surface area contributed by atoms with Gasteiger partial charge in [-0.3, -0.25) is 4.79 Å². The van der Waals surface area contributed by atoms with Crippen molar-refractivity contribution in [3.8, 4) is 5.75 Å². The first-order valence-electron chi connectivity index (χ1n) is 9.24. The molecule has 0 bridgehead atoms. The molecule has 0 saturated carbocycles. The zero-order valence-corrected chi connectivity index (χ0v) is 16.7. The largest absolute Gasteiger partial charge is 0.496 e. The number of hydrogen-bond donors (Lipinski definition) is 1. The van der Waals surface area contributed by atoms with Crippen LogP contribution < -0.4 is 4.74 Å². The number of methoxy groups -OCH3 is 1. The molecule has 2 unspecified atom stereocenters. The lowest BCUT2D eigenvalue weighted by Crippen LogP contribution is -2.35. The summed E-state index contributed by atoms with van der Waals surface area (Å²) in [6.45, 7) is 6.18. The van der Waals surface area contributed by atoms with Crippen LogP contribution in [0, 0.1) is 18.8 Å². The minimum atomic E-state index is -0.0116. The molecule has 0 radical (unpaired) electrons. The third-order valence-electron chi connectivity index (χ3n) is 5.22. The number of nitrogens with zero attached hydrogens (tertiary/aromatic N) is 3.